The van der Waals surface area contributed by atoms with Crippen LogP contribution >= 0.6 is 0 Å². The number of rotatable bonds is 7. The van der Waals surface area contributed by atoms with Gasteiger partial charge in [-0.1, -0.05) is 12.1 Å². The number of carbonyl (C=O) groups excluding carboxylic acids is 3. The Balaban J connectivity index is 1.63. The van der Waals surface area contributed by atoms with Gasteiger partial charge in [0.25, 0.3) is 5.91 Å². The number of hydrogen-bond donors (Lipinski definition) is 2. The molecule has 0 bridgehead atoms. The first-order valence-corrected chi connectivity index (χ1v) is 12.4. The molecule has 196 valence electrons. The molecular formula is C27H38N4O5. The summed E-state index contributed by atoms with van der Waals surface area (Å²) in [6.45, 7) is 11.8. The van der Waals surface area contributed by atoms with Gasteiger partial charge in [0.1, 0.15) is 23.1 Å². The fourth-order valence-electron chi connectivity index (χ4n) is 4.05. The zero-order valence-corrected chi connectivity index (χ0v) is 22.1. The second-order valence-electron chi connectivity index (χ2n) is 11.2. The van der Waals surface area contributed by atoms with E-state index in [2.05, 4.69) is 9.88 Å². The summed E-state index contributed by atoms with van der Waals surface area (Å²) in [7, 11) is 0. The van der Waals surface area contributed by atoms with Gasteiger partial charge in [-0.2, -0.15) is 0 Å². The number of nitrogens with two attached hydrogens (primary N) is 1. The van der Waals surface area contributed by atoms with Gasteiger partial charge < -0.3 is 25.1 Å². The van der Waals surface area contributed by atoms with Crippen molar-refractivity contribution in [3.05, 3.63) is 41.9 Å². The third-order valence-corrected chi connectivity index (χ3v) is 5.69. The Hall–Kier alpha value is -3.20. The number of imidazole rings is 1. The van der Waals surface area contributed by atoms with Crippen LogP contribution in [0.5, 0.6) is 0 Å². The van der Waals surface area contributed by atoms with Crippen LogP contribution in [0.3, 0.4) is 0 Å². The lowest BCUT2D eigenvalue weighted by molar-refractivity contribution is -0.158. The summed E-state index contributed by atoms with van der Waals surface area (Å²) in [5, 5.41) is 2.77. The summed E-state index contributed by atoms with van der Waals surface area (Å²) in [4.78, 5) is 41.7. The molecule has 2 aromatic rings. The van der Waals surface area contributed by atoms with Gasteiger partial charge >= 0.3 is 11.9 Å². The van der Waals surface area contributed by atoms with Crippen LogP contribution in [0.2, 0.25) is 0 Å². The molecule has 0 radical (unpaired) electrons. The fraction of sp³-hybridized carbons (Fsp3) is 0.556. The topological polar surface area (TPSA) is 126 Å². The lowest BCUT2D eigenvalue weighted by atomic mass is 9.90. The highest BCUT2D eigenvalue weighted by Gasteiger charge is 2.32. The van der Waals surface area contributed by atoms with Crippen molar-refractivity contribution >= 4 is 17.8 Å². The Labute approximate surface area is 212 Å². The molecule has 1 aliphatic heterocycles. The number of ether oxygens (including phenoxy) is 2. The van der Waals surface area contributed by atoms with Crippen LogP contribution in [-0.4, -0.2) is 51.2 Å². The normalized spacial score (nSPS) is 16.6. The minimum Gasteiger partial charge on any atom is -0.460 e. The summed E-state index contributed by atoms with van der Waals surface area (Å²) in [5.74, 6) is -0.215. The first-order chi connectivity index (χ1) is 16.7. The molecule has 0 aliphatic carbocycles. The van der Waals surface area contributed by atoms with Crippen LogP contribution in [0.1, 0.15) is 70.6 Å². The standard InChI is InChI=1S/C27H38N4O5/c1-26(2,3)35-22(32)10-12-29-24(33)19-9-7-8-17(14-19)20-16-31-13-11-18(15-21(31)30-20)23(28)25(34)36-27(4,5)6/h7-9,14,16,18,23H,10-13,15,28H2,1-6H3,(H,29,33). The van der Waals surface area contributed by atoms with E-state index >= 15 is 0 Å². The molecular weight excluding hydrogens is 460 g/mol. The number of nitrogens with one attached hydrogen (secondary N) is 1. The first kappa shape index (κ1) is 27.4. The van der Waals surface area contributed by atoms with Gasteiger partial charge in [0.05, 0.1) is 12.1 Å². The summed E-state index contributed by atoms with van der Waals surface area (Å²) in [6, 6.07) is 6.50. The molecule has 2 unspecified atom stereocenters. The van der Waals surface area contributed by atoms with Crippen molar-refractivity contribution < 1.29 is 23.9 Å². The maximum Gasteiger partial charge on any atom is 0.323 e. The molecule has 0 saturated heterocycles. The Kier molecular flexibility index (Phi) is 8.23. The van der Waals surface area contributed by atoms with Crippen molar-refractivity contribution in [1.82, 2.24) is 14.9 Å². The number of hydrogen-bond acceptors (Lipinski definition) is 7. The van der Waals surface area contributed by atoms with E-state index in [0.29, 0.717) is 18.5 Å². The lowest BCUT2D eigenvalue weighted by Gasteiger charge is -2.29. The van der Waals surface area contributed by atoms with Crippen molar-refractivity contribution in [2.24, 2.45) is 11.7 Å². The van der Waals surface area contributed by atoms with Gasteiger partial charge in [0.2, 0.25) is 0 Å². The third kappa shape index (κ3) is 7.65. The van der Waals surface area contributed by atoms with E-state index in [1.54, 1.807) is 39.0 Å². The van der Waals surface area contributed by atoms with Crippen LogP contribution in [0.25, 0.3) is 11.3 Å². The second-order valence-corrected chi connectivity index (χ2v) is 11.2. The Bertz CT molecular complexity index is 1110. The van der Waals surface area contributed by atoms with Gasteiger partial charge in [-0.05, 0) is 66.0 Å². The molecule has 2 heterocycles. The van der Waals surface area contributed by atoms with Crippen molar-refractivity contribution in [3.63, 3.8) is 0 Å². The van der Waals surface area contributed by atoms with Gasteiger partial charge in [-0.15, -0.1) is 0 Å². The minimum absolute atomic E-state index is 0.0512. The maximum atomic E-state index is 12.6. The monoisotopic (exact) mass is 498 g/mol. The quantitative estimate of drug-likeness (QED) is 0.561. The Morgan fingerprint density at radius 1 is 1.14 bits per heavy atom. The second kappa shape index (κ2) is 10.8. The summed E-state index contributed by atoms with van der Waals surface area (Å²) < 4.78 is 12.8. The fourth-order valence-corrected chi connectivity index (χ4v) is 4.05. The Morgan fingerprint density at radius 2 is 1.83 bits per heavy atom. The van der Waals surface area contributed by atoms with Crippen molar-refractivity contribution in [2.75, 3.05) is 6.54 Å². The molecule has 1 aromatic heterocycles. The van der Waals surface area contributed by atoms with E-state index in [-0.39, 0.29) is 30.8 Å². The summed E-state index contributed by atoms with van der Waals surface area (Å²) in [6.07, 6.45) is 3.39. The molecule has 9 nitrogen and oxygen atoms in total. The van der Waals surface area contributed by atoms with Crippen LogP contribution in [0.15, 0.2) is 30.5 Å². The number of benzene rings is 1. The zero-order chi connectivity index (χ0) is 26.7. The van der Waals surface area contributed by atoms with Crippen molar-refractivity contribution in [1.29, 1.82) is 0 Å². The molecule has 3 N–H and O–H groups in total. The minimum atomic E-state index is -0.703. The molecule has 36 heavy (non-hydrogen) atoms. The lowest BCUT2D eigenvalue weighted by Crippen LogP contribution is -2.45. The average molecular weight is 499 g/mol. The molecule has 1 aromatic carbocycles. The molecule has 0 saturated carbocycles. The number of amides is 1. The van der Waals surface area contributed by atoms with Gasteiger partial charge in [0.15, 0.2) is 0 Å². The van der Waals surface area contributed by atoms with Gasteiger partial charge in [-0.3, -0.25) is 14.4 Å². The van der Waals surface area contributed by atoms with Gasteiger partial charge in [-0.25, -0.2) is 4.98 Å². The molecule has 1 aliphatic rings. The number of aryl methyl sites for hydroxylation is 1. The average Bonchev–Trinajstić information content (AvgIpc) is 3.19. The predicted molar refractivity (Wildman–Crippen MR) is 136 cm³/mol. The number of esters is 2. The summed E-state index contributed by atoms with van der Waals surface area (Å²) >= 11 is 0. The molecule has 0 fully saturated rings. The number of fused-ring (bicyclic) bond motifs is 1. The summed E-state index contributed by atoms with van der Waals surface area (Å²) in [5.41, 5.74) is 7.13. The van der Waals surface area contributed by atoms with Crippen molar-refractivity contribution in [3.8, 4) is 11.3 Å². The smallest absolute Gasteiger partial charge is 0.323 e. The largest absolute Gasteiger partial charge is 0.460 e. The van der Waals surface area contributed by atoms with Gasteiger partial charge in [0, 0.05) is 36.8 Å². The highest BCUT2D eigenvalue weighted by Crippen LogP contribution is 2.27. The molecule has 0 spiro atoms. The number of carbonyl (C=O) groups is 3. The molecule has 2 atom stereocenters. The SMILES string of the molecule is CC(C)(C)OC(=O)CCNC(=O)c1cccc(-c2cn3c(n2)CC(C(N)C(=O)OC(C)(C)C)CC3)c1. The molecule has 1 amide bonds. The van der Waals surface area contributed by atoms with Crippen LogP contribution in [-0.2, 0) is 32.0 Å². The molecule has 9 heteroatoms. The maximum absolute atomic E-state index is 12.6. The van der Waals surface area contributed by atoms with Crippen LogP contribution < -0.4 is 11.1 Å². The van der Waals surface area contributed by atoms with E-state index in [0.717, 1.165) is 23.5 Å². The van der Waals surface area contributed by atoms with E-state index < -0.39 is 23.2 Å². The van der Waals surface area contributed by atoms with E-state index in [4.69, 9.17) is 20.2 Å². The van der Waals surface area contributed by atoms with E-state index in [1.807, 2.05) is 33.0 Å². The molecule has 3 rings (SSSR count). The predicted octanol–water partition coefficient (Wildman–Crippen LogP) is 3.24. The van der Waals surface area contributed by atoms with Crippen LogP contribution in [0, 0.1) is 5.92 Å². The highest BCUT2D eigenvalue weighted by molar-refractivity contribution is 5.95. The number of aromatic nitrogens is 2. The third-order valence-electron chi connectivity index (χ3n) is 5.69. The van der Waals surface area contributed by atoms with E-state index in [9.17, 15) is 14.4 Å². The highest BCUT2D eigenvalue weighted by atomic mass is 16.6. The zero-order valence-electron chi connectivity index (χ0n) is 22.1. The van der Waals surface area contributed by atoms with Crippen molar-refractivity contribution in [2.45, 2.75) is 84.6 Å². The Morgan fingerprint density at radius 3 is 2.50 bits per heavy atom. The van der Waals surface area contributed by atoms with E-state index in [1.165, 1.54) is 0 Å². The van der Waals surface area contributed by atoms with Crippen LogP contribution in [0.4, 0.5) is 0 Å². The number of nitrogens with zero attached hydrogens (tertiary/aromatic N) is 2. The first-order valence-electron chi connectivity index (χ1n) is 12.4.